The first-order chi connectivity index (χ1) is 12.7. The van der Waals surface area contributed by atoms with Gasteiger partial charge in [0.2, 0.25) is 5.91 Å². The van der Waals surface area contributed by atoms with E-state index in [1.54, 1.807) is 13.4 Å². The lowest BCUT2D eigenvalue weighted by molar-refractivity contribution is -0.115. The molecule has 0 unspecified atom stereocenters. The number of hydrogen-bond donors (Lipinski definition) is 1. The molecule has 0 radical (unpaired) electrons. The zero-order chi connectivity index (χ0) is 17.9. The molecule has 5 nitrogen and oxygen atoms in total. The topological polar surface area (TPSA) is 54.7 Å². The maximum absolute atomic E-state index is 12.4. The standard InChI is InChI=1S/C21H22N2O3/c1-25-18-8-9-19-15(14-26-20(19)13-18)12-21(24)22-16-4-6-17(7-5-16)23-10-2-3-11-23/h4-9,13-14H,2-3,10-12H2,1H3,(H,22,24). The molecule has 1 amide bonds. The predicted octanol–water partition coefficient (Wildman–Crippen LogP) is 4.22. The van der Waals surface area contributed by atoms with Crippen LogP contribution >= 0.6 is 0 Å². The van der Waals surface area contributed by atoms with Crippen molar-refractivity contribution in [3.8, 4) is 5.75 Å². The quantitative estimate of drug-likeness (QED) is 0.748. The van der Waals surface area contributed by atoms with Crippen LogP contribution in [-0.2, 0) is 11.2 Å². The van der Waals surface area contributed by atoms with Crippen LogP contribution in [0.1, 0.15) is 18.4 Å². The number of fused-ring (bicyclic) bond motifs is 1. The molecule has 1 fully saturated rings. The van der Waals surface area contributed by atoms with Crippen LogP contribution in [0.5, 0.6) is 5.75 Å². The lowest BCUT2D eigenvalue weighted by Crippen LogP contribution is -2.18. The van der Waals surface area contributed by atoms with Gasteiger partial charge in [0.1, 0.15) is 11.3 Å². The molecule has 2 aromatic carbocycles. The van der Waals surface area contributed by atoms with Crippen molar-refractivity contribution in [3.05, 3.63) is 54.3 Å². The number of carbonyl (C=O) groups is 1. The summed E-state index contributed by atoms with van der Waals surface area (Å²) in [6.07, 6.45) is 4.42. The van der Waals surface area contributed by atoms with Gasteiger partial charge in [0.15, 0.2) is 0 Å². The lowest BCUT2D eigenvalue weighted by atomic mass is 10.1. The number of nitrogens with one attached hydrogen (secondary N) is 1. The van der Waals surface area contributed by atoms with Crippen LogP contribution in [0, 0.1) is 0 Å². The number of carbonyl (C=O) groups excluding carboxylic acids is 1. The maximum Gasteiger partial charge on any atom is 0.228 e. The molecule has 3 aromatic rings. The van der Waals surface area contributed by atoms with Gasteiger partial charge in [-0.05, 0) is 49.2 Å². The van der Waals surface area contributed by atoms with Gasteiger partial charge in [0, 0.05) is 41.5 Å². The van der Waals surface area contributed by atoms with Crippen LogP contribution in [0.3, 0.4) is 0 Å². The Kier molecular flexibility index (Phi) is 4.52. The first-order valence-corrected chi connectivity index (χ1v) is 8.92. The Balaban J connectivity index is 1.42. The van der Waals surface area contributed by atoms with E-state index in [9.17, 15) is 4.79 Å². The van der Waals surface area contributed by atoms with E-state index in [4.69, 9.17) is 9.15 Å². The fraction of sp³-hybridized carbons (Fsp3) is 0.286. The normalized spacial score (nSPS) is 14.0. The van der Waals surface area contributed by atoms with E-state index in [-0.39, 0.29) is 12.3 Å². The van der Waals surface area contributed by atoms with Crippen molar-refractivity contribution in [2.75, 3.05) is 30.4 Å². The molecular weight excluding hydrogens is 328 g/mol. The van der Waals surface area contributed by atoms with E-state index in [0.29, 0.717) is 0 Å². The van der Waals surface area contributed by atoms with Crippen molar-refractivity contribution in [1.82, 2.24) is 0 Å². The smallest absolute Gasteiger partial charge is 0.228 e. The summed E-state index contributed by atoms with van der Waals surface area (Å²) in [5.41, 5.74) is 3.62. The van der Waals surface area contributed by atoms with Crippen molar-refractivity contribution in [3.63, 3.8) is 0 Å². The van der Waals surface area contributed by atoms with Crippen molar-refractivity contribution in [2.24, 2.45) is 0 Å². The summed E-state index contributed by atoms with van der Waals surface area (Å²) in [5, 5.41) is 3.90. The van der Waals surface area contributed by atoms with Crippen LogP contribution in [0.2, 0.25) is 0 Å². The average Bonchev–Trinajstić information content (AvgIpc) is 3.32. The molecule has 1 aliphatic heterocycles. The van der Waals surface area contributed by atoms with Gasteiger partial charge in [0.25, 0.3) is 0 Å². The van der Waals surface area contributed by atoms with E-state index in [1.807, 2.05) is 30.3 Å². The van der Waals surface area contributed by atoms with Gasteiger partial charge in [-0.3, -0.25) is 4.79 Å². The summed E-state index contributed by atoms with van der Waals surface area (Å²) in [4.78, 5) is 14.8. The highest BCUT2D eigenvalue weighted by atomic mass is 16.5. The SMILES string of the molecule is COc1ccc2c(CC(=O)Nc3ccc(N4CCCC4)cc3)coc2c1. The second-order valence-electron chi connectivity index (χ2n) is 6.59. The van der Waals surface area contributed by atoms with Crippen LogP contribution in [0.25, 0.3) is 11.0 Å². The largest absolute Gasteiger partial charge is 0.497 e. The molecule has 0 atom stereocenters. The molecule has 2 heterocycles. The van der Waals surface area contributed by atoms with Gasteiger partial charge < -0.3 is 19.4 Å². The Morgan fingerprint density at radius 3 is 2.65 bits per heavy atom. The minimum atomic E-state index is -0.0579. The van der Waals surface area contributed by atoms with Crippen LogP contribution in [-0.4, -0.2) is 26.1 Å². The number of nitrogens with zero attached hydrogens (tertiary/aromatic N) is 1. The molecule has 1 aliphatic rings. The highest BCUT2D eigenvalue weighted by molar-refractivity contribution is 5.95. The third-order valence-corrected chi connectivity index (χ3v) is 4.84. The molecule has 134 valence electrons. The van der Waals surface area contributed by atoms with Crippen molar-refractivity contribution in [2.45, 2.75) is 19.3 Å². The van der Waals surface area contributed by atoms with Crippen molar-refractivity contribution < 1.29 is 13.9 Å². The Morgan fingerprint density at radius 2 is 1.92 bits per heavy atom. The highest BCUT2D eigenvalue weighted by Gasteiger charge is 2.13. The third kappa shape index (κ3) is 3.38. The lowest BCUT2D eigenvalue weighted by Gasteiger charge is -2.17. The number of benzene rings is 2. The number of ether oxygens (including phenoxy) is 1. The highest BCUT2D eigenvalue weighted by Crippen LogP contribution is 2.26. The number of furan rings is 1. The minimum Gasteiger partial charge on any atom is -0.497 e. The first kappa shape index (κ1) is 16.5. The van der Waals surface area contributed by atoms with Gasteiger partial charge in [-0.15, -0.1) is 0 Å². The summed E-state index contributed by atoms with van der Waals surface area (Å²) >= 11 is 0. The molecule has 0 saturated carbocycles. The van der Waals surface area contributed by atoms with Crippen LogP contribution in [0.15, 0.2) is 53.1 Å². The molecule has 0 spiro atoms. The van der Waals surface area contributed by atoms with Crippen LogP contribution < -0.4 is 15.0 Å². The summed E-state index contributed by atoms with van der Waals surface area (Å²) in [6, 6.07) is 13.7. The van der Waals surface area contributed by atoms with Gasteiger partial charge in [-0.25, -0.2) is 0 Å². The van der Waals surface area contributed by atoms with E-state index >= 15 is 0 Å². The Morgan fingerprint density at radius 1 is 1.15 bits per heavy atom. The van der Waals surface area contributed by atoms with E-state index < -0.39 is 0 Å². The molecule has 0 aliphatic carbocycles. The van der Waals surface area contributed by atoms with Crippen molar-refractivity contribution >= 4 is 28.3 Å². The molecule has 1 saturated heterocycles. The maximum atomic E-state index is 12.4. The average molecular weight is 350 g/mol. The number of methoxy groups -OCH3 is 1. The zero-order valence-corrected chi connectivity index (χ0v) is 14.8. The van der Waals surface area contributed by atoms with Gasteiger partial charge in [-0.2, -0.15) is 0 Å². The zero-order valence-electron chi connectivity index (χ0n) is 14.8. The van der Waals surface area contributed by atoms with E-state index in [1.165, 1.54) is 18.5 Å². The third-order valence-electron chi connectivity index (χ3n) is 4.84. The Labute approximate surface area is 152 Å². The fourth-order valence-electron chi connectivity index (χ4n) is 3.44. The fourth-order valence-corrected chi connectivity index (χ4v) is 3.44. The molecular formula is C21H22N2O3. The molecule has 1 aromatic heterocycles. The predicted molar refractivity (Wildman–Crippen MR) is 103 cm³/mol. The summed E-state index contributed by atoms with van der Waals surface area (Å²) in [6.45, 7) is 2.23. The Hall–Kier alpha value is -2.95. The number of hydrogen-bond acceptors (Lipinski definition) is 4. The molecule has 5 heteroatoms. The summed E-state index contributed by atoms with van der Waals surface area (Å²) in [7, 11) is 1.62. The van der Waals surface area contributed by atoms with E-state index in [2.05, 4.69) is 22.3 Å². The Bertz CT molecular complexity index is 909. The van der Waals surface area contributed by atoms with Crippen molar-refractivity contribution in [1.29, 1.82) is 0 Å². The molecule has 0 bridgehead atoms. The second kappa shape index (κ2) is 7.12. The second-order valence-corrected chi connectivity index (χ2v) is 6.59. The number of anilines is 2. The van der Waals surface area contributed by atoms with Gasteiger partial charge in [-0.1, -0.05) is 0 Å². The van der Waals surface area contributed by atoms with Crippen LogP contribution in [0.4, 0.5) is 11.4 Å². The first-order valence-electron chi connectivity index (χ1n) is 8.92. The summed E-state index contributed by atoms with van der Waals surface area (Å²) < 4.78 is 10.7. The monoisotopic (exact) mass is 350 g/mol. The van der Waals surface area contributed by atoms with E-state index in [0.717, 1.165) is 41.1 Å². The summed E-state index contributed by atoms with van der Waals surface area (Å²) in [5.74, 6) is 0.679. The number of rotatable bonds is 5. The minimum absolute atomic E-state index is 0.0579. The van der Waals surface area contributed by atoms with Gasteiger partial charge >= 0.3 is 0 Å². The molecule has 26 heavy (non-hydrogen) atoms. The molecule has 4 rings (SSSR count). The van der Waals surface area contributed by atoms with Gasteiger partial charge in [0.05, 0.1) is 19.8 Å². The number of amides is 1. The molecule has 1 N–H and O–H groups in total.